The minimum Gasteiger partial charge on any atom is -0.441 e. The van der Waals surface area contributed by atoms with Crippen molar-refractivity contribution in [2.24, 2.45) is 5.92 Å². The van der Waals surface area contributed by atoms with Gasteiger partial charge < -0.3 is 9.32 Å². The second-order valence-corrected chi connectivity index (χ2v) is 6.57. The smallest absolute Gasteiger partial charge is 0.223 e. The second-order valence-electron chi connectivity index (χ2n) is 6.57. The second kappa shape index (κ2) is 6.57. The molecule has 1 aliphatic rings. The fourth-order valence-electron chi connectivity index (χ4n) is 2.79. The van der Waals surface area contributed by atoms with Crippen molar-refractivity contribution in [1.29, 1.82) is 0 Å². The predicted molar refractivity (Wildman–Crippen MR) is 90.0 cm³/mol. The highest BCUT2D eigenvalue weighted by molar-refractivity contribution is 5.76. The first kappa shape index (κ1) is 15.8. The number of aryl methyl sites for hydroxylation is 2. The quantitative estimate of drug-likeness (QED) is 0.814. The lowest BCUT2D eigenvalue weighted by Gasteiger charge is -2.24. The predicted octanol–water partition coefficient (Wildman–Crippen LogP) is 3.84. The number of aromatic nitrogens is 1. The lowest BCUT2D eigenvalue weighted by molar-refractivity contribution is -0.132. The molecule has 0 radical (unpaired) electrons. The molecular weight excluding hydrogens is 288 g/mol. The minimum absolute atomic E-state index is 0.166. The number of hydrogen-bond acceptors (Lipinski definition) is 3. The van der Waals surface area contributed by atoms with Gasteiger partial charge in [0.2, 0.25) is 5.91 Å². The fraction of sp³-hybridized carbons (Fsp3) is 0.474. The minimum atomic E-state index is 0.166. The van der Waals surface area contributed by atoms with Crippen LogP contribution in [-0.2, 0) is 11.2 Å². The molecule has 1 saturated carbocycles. The topological polar surface area (TPSA) is 46.3 Å². The molecule has 122 valence electrons. The third-order valence-corrected chi connectivity index (χ3v) is 4.75. The molecule has 2 aromatic rings. The lowest BCUT2D eigenvalue weighted by atomic mass is 10.1. The number of amides is 1. The Morgan fingerprint density at radius 3 is 2.70 bits per heavy atom. The van der Waals surface area contributed by atoms with E-state index in [1.165, 1.54) is 18.4 Å². The third-order valence-electron chi connectivity index (χ3n) is 4.75. The summed E-state index contributed by atoms with van der Waals surface area (Å²) in [6.07, 6.45) is 5.23. The van der Waals surface area contributed by atoms with Gasteiger partial charge in [-0.25, -0.2) is 4.98 Å². The number of hydrogen-bond donors (Lipinski definition) is 0. The zero-order valence-corrected chi connectivity index (χ0v) is 14.1. The molecule has 1 amide bonds. The standard InChI is InChI=1S/C19H24N2O2/c1-13-4-6-16(7-5-13)17-12-20-18(23-17)10-11-19(22)21(3)14(2)15-8-9-15/h4-7,12,14-15H,8-11H2,1-3H3. The molecule has 0 bridgehead atoms. The molecule has 0 saturated heterocycles. The van der Waals surface area contributed by atoms with Crippen molar-refractivity contribution < 1.29 is 9.21 Å². The van der Waals surface area contributed by atoms with Crippen LogP contribution in [0.25, 0.3) is 11.3 Å². The zero-order valence-electron chi connectivity index (χ0n) is 14.1. The summed E-state index contributed by atoms with van der Waals surface area (Å²) in [5.74, 6) is 2.24. The highest BCUT2D eigenvalue weighted by Crippen LogP contribution is 2.34. The van der Waals surface area contributed by atoms with Crippen molar-refractivity contribution in [1.82, 2.24) is 9.88 Å². The average Bonchev–Trinajstić information content (AvgIpc) is 3.30. The summed E-state index contributed by atoms with van der Waals surface area (Å²) in [5.41, 5.74) is 2.23. The molecule has 23 heavy (non-hydrogen) atoms. The number of nitrogens with zero attached hydrogens (tertiary/aromatic N) is 2. The first-order chi connectivity index (χ1) is 11.0. The number of benzene rings is 1. The van der Waals surface area contributed by atoms with Gasteiger partial charge in [-0.1, -0.05) is 29.8 Å². The van der Waals surface area contributed by atoms with Crippen LogP contribution in [0.3, 0.4) is 0 Å². The van der Waals surface area contributed by atoms with Crippen molar-refractivity contribution in [3.63, 3.8) is 0 Å². The van der Waals surface area contributed by atoms with Gasteiger partial charge in [0.25, 0.3) is 0 Å². The van der Waals surface area contributed by atoms with E-state index in [1.54, 1.807) is 6.20 Å². The molecular formula is C19H24N2O2. The van der Waals surface area contributed by atoms with Gasteiger partial charge in [0.15, 0.2) is 11.7 Å². The van der Waals surface area contributed by atoms with E-state index >= 15 is 0 Å². The van der Waals surface area contributed by atoms with Crippen LogP contribution >= 0.6 is 0 Å². The SMILES string of the molecule is Cc1ccc(-c2cnc(CCC(=O)N(C)C(C)C3CC3)o2)cc1. The summed E-state index contributed by atoms with van der Waals surface area (Å²) in [5, 5.41) is 0. The van der Waals surface area contributed by atoms with E-state index < -0.39 is 0 Å². The molecule has 0 N–H and O–H groups in total. The number of carbonyl (C=O) groups is 1. The van der Waals surface area contributed by atoms with Gasteiger partial charge in [0.05, 0.1) is 6.20 Å². The monoisotopic (exact) mass is 312 g/mol. The van der Waals surface area contributed by atoms with E-state index in [2.05, 4.69) is 31.0 Å². The Morgan fingerprint density at radius 1 is 1.35 bits per heavy atom. The van der Waals surface area contributed by atoms with Crippen molar-refractivity contribution >= 4 is 5.91 Å². The molecule has 1 aliphatic carbocycles. The van der Waals surface area contributed by atoms with E-state index in [4.69, 9.17) is 4.42 Å². The Morgan fingerprint density at radius 2 is 2.04 bits per heavy atom. The van der Waals surface area contributed by atoms with E-state index in [1.807, 2.05) is 24.1 Å². The summed E-state index contributed by atoms with van der Waals surface area (Å²) in [6.45, 7) is 4.19. The van der Waals surface area contributed by atoms with E-state index in [9.17, 15) is 4.79 Å². The molecule has 1 atom stereocenters. The number of carbonyl (C=O) groups excluding carboxylic acids is 1. The van der Waals surface area contributed by atoms with Crippen LogP contribution in [0.2, 0.25) is 0 Å². The lowest BCUT2D eigenvalue weighted by Crippen LogP contribution is -2.36. The molecule has 0 spiro atoms. The summed E-state index contributed by atoms with van der Waals surface area (Å²) in [7, 11) is 1.90. The van der Waals surface area contributed by atoms with Crippen LogP contribution in [0.5, 0.6) is 0 Å². The van der Waals surface area contributed by atoms with Crippen molar-refractivity contribution in [2.75, 3.05) is 7.05 Å². The first-order valence-electron chi connectivity index (χ1n) is 8.32. The summed E-state index contributed by atoms with van der Waals surface area (Å²) >= 11 is 0. The van der Waals surface area contributed by atoms with Gasteiger partial charge in [-0.3, -0.25) is 4.79 Å². The Labute approximate surface area is 137 Å². The molecule has 1 aromatic carbocycles. The first-order valence-corrected chi connectivity index (χ1v) is 8.32. The van der Waals surface area contributed by atoms with Crippen molar-refractivity contribution in [2.45, 2.75) is 45.6 Å². The summed E-state index contributed by atoms with van der Waals surface area (Å²) < 4.78 is 5.78. The van der Waals surface area contributed by atoms with Crippen LogP contribution in [0.15, 0.2) is 34.9 Å². The maximum Gasteiger partial charge on any atom is 0.223 e. The van der Waals surface area contributed by atoms with Crippen LogP contribution in [0, 0.1) is 12.8 Å². The van der Waals surface area contributed by atoms with Crippen LogP contribution in [0.4, 0.5) is 0 Å². The molecule has 4 nitrogen and oxygen atoms in total. The van der Waals surface area contributed by atoms with E-state index in [0.29, 0.717) is 30.7 Å². The third kappa shape index (κ3) is 3.81. The highest BCUT2D eigenvalue weighted by atomic mass is 16.4. The average molecular weight is 312 g/mol. The van der Waals surface area contributed by atoms with Gasteiger partial charge in [-0.15, -0.1) is 0 Å². The zero-order chi connectivity index (χ0) is 16.4. The van der Waals surface area contributed by atoms with Crippen molar-refractivity contribution in [3.8, 4) is 11.3 Å². The maximum absolute atomic E-state index is 12.3. The molecule has 3 rings (SSSR count). The van der Waals surface area contributed by atoms with Crippen molar-refractivity contribution in [3.05, 3.63) is 41.9 Å². The highest BCUT2D eigenvalue weighted by Gasteiger charge is 2.32. The summed E-state index contributed by atoms with van der Waals surface area (Å²) in [6, 6.07) is 8.49. The van der Waals surface area contributed by atoms with Gasteiger partial charge in [-0.2, -0.15) is 0 Å². The fourth-order valence-corrected chi connectivity index (χ4v) is 2.79. The van der Waals surface area contributed by atoms with Crippen LogP contribution in [-0.4, -0.2) is 28.9 Å². The van der Waals surface area contributed by atoms with E-state index in [-0.39, 0.29) is 5.91 Å². The number of oxazole rings is 1. The normalized spacial score (nSPS) is 15.4. The van der Waals surface area contributed by atoms with Crippen LogP contribution < -0.4 is 0 Å². The van der Waals surface area contributed by atoms with Gasteiger partial charge in [-0.05, 0) is 32.6 Å². The maximum atomic E-state index is 12.3. The Balaban J connectivity index is 1.56. The summed E-state index contributed by atoms with van der Waals surface area (Å²) in [4.78, 5) is 18.4. The van der Waals surface area contributed by atoms with Gasteiger partial charge in [0.1, 0.15) is 0 Å². The van der Waals surface area contributed by atoms with Crippen LogP contribution in [0.1, 0.15) is 37.6 Å². The Kier molecular flexibility index (Phi) is 4.51. The Hall–Kier alpha value is -2.10. The molecule has 1 unspecified atom stereocenters. The molecule has 1 fully saturated rings. The largest absolute Gasteiger partial charge is 0.441 e. The molecule has 1 aromatic heterocycles. The van der Waals surface area contributed by atoms with Gasteiger partial charge in [0, 0.05) is 31.5 Å². The van der Waals surface area contributed by atoms with E-state index in [0.717, 1.165) is 11.3 Å². The Bertz CT molecular complexity index is 671. The molecule has 0 aliphatic heterocycles. The van der Waals surface area contributed by atoms with Gasteiger partial charge >= 0.3 is 0 Å². The molecule has 1 heterocycles. The number of rotatable bonds is 6. The molecule has 4 heteroatoms.